The van der Waals surface area contributed by atoms with Crippen molar-refractivity contribution in [3.63, 3.8) is 0 Å². The van der Waals surface area contributed by atoms with E-state index in [0.717, 1.165) is 31.2 Å². The van der Waals surface area contributed by atoms with Crippen molar-refractivity contribution in [2.45, 2.75) is 31.3 Å². The normalized spacial score (nSPS) is 17.5. The first-order valence-electron chi connectivity index (χ1n) is 7.00. The lowest BCUT2D eigenvalue weighted by Gasteiger charge is -2.27. The van der Waals surface area contributed by atoms with Gasteiger partial charge in [0.25, 0.3) is 0 Å². The molecule has 1 fully saturated rings. The maximum Gasteiger partial charge on any atom is 0.246 e. The molecule has 1 aromatic carbocycles. The zero-order valence-corrected chi connectivity index (χ0v) is 11.9. The second kappa shape index (κ2) is 6.09. The van der Waals surface area contributed by atoms with Crippen molar-refractivity contribution in [1.82, 2.24) is 4.90 Å². The molecule has 0 unspecified atom stereocenters. The molecule has 1 aliphatic rings. The number of carbonyl (C=O) groups excluding carboxylic acids is 1. The summed E-state index contributed by atoms with van der Waals surface area (Å²) in [5, 5.41) is 10.3. The van der Waals surface area contributed by atoms with Crippen LogP contribution in [0.2, 0.25) is 0 Å². The van der Waals surface area contributed by atoms with Gasteiger partial charge in [-0.3, -0.25) is 4.79 Å². The first-order chi connectivity index (χ1) is 9.48. The second-order valence-corrected chi connectivity index (χ2v) is 5.63. The van der Waals surface area contributed by atoms with Crippen LogP contribution in [0.1, 0.15) is 31.2 Å². The molecule has 1 aromatic rings. The molecule has 1 saturated carbocycles. The number of hydrogen-bond acceptors (Lipinski definition) is 3. The van der Waals surface area contributed by atoms with Crippen molar-refractivity contribution in [2.75, 3.05) is 19.3 Å². The van der Waals surface area contributed by atoms with Crippen molar-refractivity contribution in [3.8, 4) is 0 Å². The number of hydrogen-bond donors (Lipinski definition) is 2. The van der Waals surface area contributed by atoms with E-state index < -0.39 is 5.60 Å². The number of nitrogens with zero attached hydrogens (tertiary/aromatic N) is 1. The van der Waals surface area contributed by atoms with E-state index >= 15 is 0 Å². The van der Waals surface area contributed by atoms with Crippen LogP contribution >= 0.6 is 0 Å². The Hall–Kier alpha value is -1.81. The number of carbonyl (C=O) groups is 1. The molecule has 0 radical (unpaired) electrons. The molecule has 4 nitrogen and oxygen atoms in total. The van der Waals surface area contributed by atoms with Gasteiger partial charge in [-0.15, -0.1) is 0 Å². The number of amides is 1. The number of nitrogens with two attached hydrogens (primary N) is 1. The van der Waals surface area contributed by atoms with Crippen molar-refractivity contribution >= 4 is 17.7 Å². The SMILES string of the molecule is CN(CC1(O)CCCC1)C(=O)/C=C/c1cccc(N)c1. The lowest BCUT2D eigenvalue weighted by Crippen LogP contribution is -2.41. The van der Waals surface area contributed by atoms with E-state index in [2.05, 4.69) is 0 Å². The highest BCUT2D eigenvalue weighted by Gasteiger charge is 2.32. The van der Waals surface area contributed by atoms with Gasteiger partial charge in [0.15, 0.2) is 0 Å². The van der Waals surface area contributed by atoms with E-state index in [0.29, 0.717) is 12.2 Å². The number of aliphatic hydroxyl groups is 1. The summed E-state index contributed by atoms with van der Waals surface area (Å²) in [6.45, 7) is 0.396. The van der Waals surface area contributed by atoms with Crippen LogP contribution in [0.25, 0.3) is 6.08 Å². The zero-order chi connectivity index (χ0) is 14.6. The smallest absolute Gasteiger partial charge is 0.246 e. The molecule has 3 N–H and O–H groups in total. The molecule has 2 rings (SSSR count). The average Bonchev–Trinajstić information content (AvgIpc) is 2.82. The van der Waals surface area contributed by atoms with E-state index in [-0.39, 0.29) is 5.91 Å². The molecule has 1 aliphatic carbocycles. The highest BCUT2D eigenvalue weighted by molar-refractivity contribution is 5.91. The summed E-state index contributed by atoms with van der Waals surface area (Å²) < 4.78 is 0. The summed E-state index contributed by atoms with van der Waals surface area (Å²) in [5.74, 6) is -0.104. The molecule has 108 valence electrons. The first kappa shape index (κ1) is 14.6. The Balaban J connectivity index is 1.93. The molecule has 0 aromatic heterocycles. The standard InChI is InChI=1S/C16H22N2O2/c1-18(12-16(20)9-2-3-10-16)15(19)8-7-13-5-4-6-14(17)11-13/h4-8,11,20H,2-3,9-10,12,17H2,1H3/b8-7+. The monoisotopic (exact) mass is 274 g/mol. The predicted molar refractivity (Wildman–Crippen MR) is 80.9 cm³/mol. The van der Waals surface area contributed by atoms with Crippen LogP contribution in [0.4, 0.5) is 5.69 Å². The van der Waals surface area contributed by atoms with Crippen molar-refractivity contribution in [2.24, 2.45) is 0 Å². The topological polar surface area (TPSA) is 66.6 Å². The summed E-state index contributed by atoms with van der Waals surface area (Å²) in [7, 11) is 1.72. The number of nitrogen functional groups attached to an aromatic ring is 1. The van der Waals surface area contributed by atoms with Gasteiger partial charge in [-0.25, -0.2) is 0 Å². The van der Waals surface area contributed by atoms with E-state index in [1.54, 1.807) is 24.1 Å². The minimum absolute atomic E-state index is 0.104. The van der Waals surface area contributed by atoms with Gasteiger partial charge in [0.1, 0.15) is 0 Å². The van der Waals surface area contributed by atoms with Gasteiger partial charge < -0.3 is 15.7 Å². The van der Waals surface area contributed by atoms with Gasteiger partial charge in [0.2, 0.25) is 5.91 Å². The Morgan fingerprint density at radius 2 is 2.15 bits per heavy atom. The van der Waals surface area contributed by atoms with E-state index in [1.165, 1.54) is 6.08 Å². The average molecular weight is 274 g/mol. The number of benzene rings is 1. The van der Waals surface area contributed by atoms with Gasteiger partial charge in [-0.05, 0) is 36.6 Å². The van der Waals surface area contributed by atoms with Crippen LogP contribution in [0.5, 0.6) is 0 Å². The fourth-order valence-electron chi connectivity index (χ4n) is 2.67. The number of likely N-dealkylation sites (N-methyl/N-ethyl adjacent to an activating group) is 1. The zero-order valence-electron chi connectivity index (χ0n) is 11.9. The summed E-state index contributed by atoms with van der Waals surface area (Å²) in [4.78, 5) is 13.6. The molecule has 0 saturated heterocycles. The maximum absolute atomic E-state index is 12.0. The molecule has 0 heterocycles. The molecule has 0 atom stereocenters. The molecule has 0 aliphatic heterocycles. The van der Waals surface area contributed by atoms with E-state index in [9.17, 15) is 9.90 Å². The van der Waals surface area contributed by atoms with Crippen LogP contribution in [-0.4, -0.2) is 35.1 Å². The summed E-state index contributed by atoms with van der Waals surface area (Å²) in [6, 6.07) is 7.37. The van der Waals surface area contributed by atoms with Gasteiger partial charge in [0, 0.05) is 25.4 Å². The minimum Gasteiger partial charge on any atom is -0.399 e. The molecule has 1 amide bonds. The molecular formula is C16H22N2O2. The summed E-state index contributed by atoms with van der Waals surface area (Å²) in [5.41, 5.74) is 6.56. The fraction of sp³-hybridized carbons (Fsp3) is 0.438. The lowest BCUT2D eigenvalue weighted by atomic mass is 10.0. The minimum atomic E-state index is -0.699. The highest BCUT2D eigenvalue weighted by Crippen LogP contribution is 2.29. The number of rotatable bonds is 4. The first-order valence-corrected chi connectivity index (χ1v) is 7.00. The number of anilines is 1. The molecule has 0 bridgehead atoms. The van der Waals surface area contributed by atoms with Crippen molar-refractivity contribution < 1.29 is 9.90 Å². The van der Waals surface area contributed by atoms with Crippen molar-refractivity contribution in [1.29, 1.82) is 0 Å². The molecular weight excluding hydrogens is 252 g/mol. The van der Waals surface area contributed by atoms with Crippen LogP contribution in [-0.2, 0) is 4.79 Å². The molecule has 0 spiro atoms. The molecule has 20 heavy (non-hydrogen) atoms. The third kappa shape index (κ3) is 3.84. The van der Waals surface area contributed by atoms with Gasteiger partial charge in [0.05, 0.1) is 5.60 Å². The van der Waals surface area contributed by atoms with Gasteiger partial charge in [-0.2, -0.15) is 0 Å². The van der Waals surface area contributed by atoms with Crippen LogP contribution in [0, 0.1) is 0 Å². The van der Waals surface area contributed by atoms with Crippen LogP contribution in [0.3, 0.4) is 0 Å². The van der Waals surface area contributed by atoms with Crippen LogP contribution < -0.4 is 5.73 Å². The van der Waals surface area contributed by atoms with E-state index in [1.807, 2.05) is 18.2 Å². The Bertz CT molecular complexity index is 505. The summed E-state index contributed by atoms with van der Waals surface area (Å²) in [6.07, 6.45) is 6.91. The third-order valence-corrected chi connectivity index (χ3v) is 3.77. The van der Waals surface area contributed by atoms with Gasteiger partial charge >= 0.3 is 0 Å². The molecule has 4 heteroatoms. The van der Waals surface area contributed by atoms with Crippen LogP contribution in [0.15, 0.2) is 30.3 Å². The third-order valence-electron chi connectivity index (χ3n) is 3.77. The predicted octanol–water partition coefficient (Wildman–Crippen LogP) is 2.05. The highest BCUT2D eigenvalue weighted by atomic mass is 16.3. The second-order valence-electron chi connectivity index (χ2n) is 5.63. The van der Waals surface area contributed by atoms with E-state index in [4.69, 9.17) is 5.73 Å². The van der Waals surface area contributed by atoms with Gasteiger partial charge in [-0.1, -0.05) is 25.0 Å². The Kier molecular flexibility index (Phi) is 4.45. The Morgan fingerprint density at radius 1 is 1.45 bits per heavy atom. The fourth-order valence-corrected chi connectivity index (χ4v) is 2.67. The maximum atomic E-state index is 12.0. The lowest BCUT2D eigenvalue weighted by molar-refractivity contribution is -0.127. The summed E-state index contributed by atoms with van der Waals surface area (Å²) >= 11 is 0. The Morgan fingerprint density at radius 3 is 2.80 bits per heavy atom. The quantitative estimate of drug-likeness (QED) is 0.652. The van der Waals surface area contributed by atoms with Crippen molar-refractivity contribution in [3.05, 3.63) is 35.9 Å². The largest absolute Gasteiger partial charge is 0.399 e. The Labute approximate surface area is 119 Å².